The normalized spacial score (nSPS) is 11.6. The van der Waals surface area contributed by atoms with Gasteiger partial charge in [-0.15, -0.1) is 0 Å². The lowest BCUT2D eigenvalue weighted by atomic mass is 10.0. The minimum absolute atomic E-state index is 0.190. The summed E-state index contributed by atoms with van der Waals surface area (Å²) in [5.74, 6) is 0.0548. The highest BCUT2D eigenvalue weighted by atomic mass is 35.5. The fraction of sp³-hybridized carbons (Fsp3) is 0.310. The zero-order valence-electron chi connectivity index (χ0n) is 20.7. The zero-order chi connectivity index (χ0) is 25.9. The number of unbranched alkanes of at least 4 members (excludes halogenated alkanes) is 1. The number of carbonyl (C=O) groups excluding carboxylic acids is 2. The van der Waals surface area contributed by atoms with Crippen LogP contribution < -0.4 is 10.1 Å². The van der Waals surface area contributed by atoms with Crippen LogP contribution in [0, 0.1) is 6.92 Å². The lowest BCUT2D eigenvalue weighted by molar-refractivity contribution is -0.142. The van der Waals surface area contributed by atoms with Gasteiger partial charge in [-0.1, -0.05) is 79.0 Å². The first-order valence-electron chi connectivity index (χ1n) is 12.1. The van der Waals surface area contributed by atoms with Crippen LogP contribution in [-0.4, -0.2) is 35.9 Å². The number of aryl methyl sites for hydroxylation is 1. The van der Waals surface area contributed by atoms with Gasteiger partial charge in [0, 0.05) is 29.6 Å². The predicted octanol–water partition coefficient (Wildman–Crippen LogP) is 6.24. The van der Waals surface area contributed by atoms with Crippen LogP contribution in [0.2, 0.25) is 10.0 Å². The Morgan fingerprint density at radius 3 is 2.42 bits per heavy atom. The molecule has 3 rings (SSSR count). The minimum atomic E-state index is -0.716. The second kappa shape index (κ2) is 13.9. The van der Waals surface area contributed by atoms with Crippen LogP contribution in [0.5, 0.6) is 5.75 Å². The van der Waals surface area contributed by atoms with Crippen molar-refractivity contribution in [2.75, 3.05) is 13.2 Å². The minimum Gasteiger partial charge on any atom is -0.484 e. The summed E-state index contributed by atoms with van der Waals surface area (Å²) in [7, 11) is 0. The highest BCUT2D eigenvalue weighted by Crippen LogP contribution is 2.22. The molecule has 0 aliphatic heterocycles. The van der Waals surface area contributed by atoms with Crippen molar-refractivity contribution in [3.63, 3.8) is 0 Å². The molecule has 3 aromatic carbocycles. The number of rotatable bonds is 12. The number of nitrogens with one attached hydrogen (secondary N) is 1. The summed E-state index contributed by atoms with van der Waals surface area (Å²) in [6.07, 6.45) is 2.21. The van der Waals surface area contributed by atoms with E-state index in [4.69, 9.17) is 27.9 Å². The molecule has 7 heteroatoms. The van der Waals surface area contributed by atoms with E-state index in [0.717, 1.165) is 29.5 Å². The molecule has 36 heavy (non-hydrogen) atoms. The molecule has 0 heterocycles. The number of hydrogen-bond acceptors (Lipinski definition) is 3. The van der Waals surface area contributed by atoms with Gasteiger partial charge in [0.25, 0.3) is 5.91 Å². The second-order valence-electron chi connectivity index (χ2n) is 8.70. The van der Waals surface area contributed by atoms with Crippen molar-refractivity contribution >= 4 is 35.0 Å². The number of amides is 2. The summed E-state index contributed by atoms with van der Waals surface area (Å²) in [5.41, 5.74) is 2.65. The number of ether oxygens (including phenoxy) is 1. The largest absolute Gasteiger partial charge is 0.484 e. The average molecular weight is 527 g/mol. The van der Waals surface area contributed by atoms with Gasteiger partial charge in [-0.25, -0.2) is 0 Å². The second-order valence-corrected chi connectivity index (χ2v) is 9.54. The Balaban J connectivity index is 1.89. The number of nitrogens with zero attached hydrogens (tertiary/aromatic N) is 1. The third kappa shape index (κ3) is 8.28. The van der Waals surface area contributed by atoms with Crippen molar-refractivity contribution in [3.8, 4) is 5.75 Å². The van der Waals surface area contributed by atoms with Gasteiger partial charge in [-0.2, -0.15) is 0 Å². The molecule has 190 valence electrons. The van der Waals surface area contributed by atoms with Gasteiger partial charge in [0.15, 0.2) is 6.61 Å². The van der Waals surface area contributed by atoms with Gasteiger partial charge >= 0.3 is 0 Å². The molecule has 1 atom stereocenters. The van der Waals surface area contributed by atoms with Crippen LogP contribution in [0.4, 0.5) is 0 Å². The lowest BCUT2D eigenvalue weighted by Crippen LogP contribution is -2.51. The number of benzene rings is 3. The van der Waals surface area contributed by atoms with E-state index in [9.17, 15) is 9.59 Å². The highest BCUT2D eigenvalue weighted by molar-refractivity contribution is 6.31. The maximum atomic E-state index is 13.6. The molecule has 0 unspecified atom stereocenters. The van der Waals surface area contributed by atoms with Crippen LogP contribution in [0.25, 0.3) is 0 Å². The molecule has 0 aliphatic carbocycles. The quantitative estimate of drug-likeness (QED) is 0.284. The molecule has 0 radical (unpaired) electrons. The van der Waals surface area contributed by atoms with Crippen molar-refractivity contribution < 1.29 is 14.3 Å². The van der Waals surface area contributed by atoms with Crippen LogP contribution in [0.1, 0.15) is 36.5 Å². The zero-order valence-corrected chi connectivity index (χ0v) is 22.2. The summed E-state index contributed by atoms with van der Waals surface area (Å²) in [6, 6.07) is 21.5. The molecule has 0 saturated heterocycles. The first kappa shape index (κ1) is 27.6. The fourth-order valence-electron chi connectivity index (χ4n) is 3.83. The smallest absolute Gasteiger partial charge is 0.261 e. The highest BCUT2D eigenvalue weighted by Gasteiger charge is 2.30. The van der Waals surface area contributed by atoms with E-state index >= 15 is 0 Å². The van der Waals surface area contributed by atoms with E-state index in [-0.39, 0.29) is 25.0 Å². The summed E-state index contributed by atoms with van der Waals surface area (Å²) >= 11 is 12.3. The molecule has 0 saturated carbocycles. The molecular weight excluding hydrogens is 495 g/mol. The van der Waals surface area contributed by atoms with Gasteiger partial charge in [0.05, 0.1) is 0 Å². The molecule has 0 aliphatic rings. The van der Waals surface area contributed by atoms with Crippen LogP contribution >= 0.6 is 23.2 Å². The summed E-state index contributed by atoms with van der Waals surface area (Å²) in [4.78, 5) is 28.6. The van der Waals surface area contributed by atoms with Gasteiger partial charge in [0.2, 0.25) is 5.91 Å². The first-order valence-corrected chi connectivity index (χ1v) is 12.9. The molecular formula is C29H32Cl2N2O3. The third-order valence-corrected chi connectivity index (χ3v) is 6.49. The SMILES string of the molecule is CCCCNC(=O)[C@H](Cc1ccccc1)N(Cc1cccc(Cl)c1)C(=O)COc1ccc(Cl)c(C)c1. The van der Waals surface area contributed by atoms with Crippen molar-refractivity contribution in [2.45, 2.75) is 45.7 Å². The van der Waals surface area contributed by atoms with Crippen molar-refractivity contribution in [1.29, 1.82) is 0 Å². The number of hydrogen-bond donors (Lipinski definition) is 1. The van der Waals surface area contributed by atoms with Crippen LogP contribution in [0.3, 0.4) is 0 Å². The van der Waals surface area contributed by atoms with E-state index in [1.54, 1.807) is 35.2 Å². The van der Waals surface area contributed by atoms with Gasteiger partial charge in [0.1, 0.15) is 11.8 Å². The molecule has 2 amide bonds. The standard InChI is InChI=1S/C29H32Cl2N2O3/c1-3-4-15-32-29(35)27(18-22-9-6-5-7-10-22)33(19-23-11-8-12-24(30)17-23)28(34)20-36-25-13-14-26(31)21(2)16-25/h5-14,16-17,27H,3-4,15,18-20H2,1-2H3,(H,32,35)/t27-/m0/s1. The summed E-state index contributed by atoms with van der Waals surface area (Å²) in [5, 5.41) is 4.21. The molecule has 3 aromatic rings. The van der Waals surface area contributed by atoms with E-state index < -0.39 is 6.04 Å². The average Bonchev–Trinajstić information content (AvgIpc) is 2.87. The third-order valence-electron chi connectivity index (χ3n) is 5.83. The molecule has 0 spiro atoms. The molecule has 5 nitrogen and oxygen atoms in total. The monoisotopic (exact) mass is 526 g/mol. The van der Waals surface area contributed by atoms with Crippen LogP contribution in [-0.2, 0) is 22.6 Å². The molecule has 0 aromatic heterocycles. The predicted molar refractivity (Wildman–Crippen MR) is 146 cm³/mol. The first-order chi connectivity index (χ1) is 17.4. The Bertz CT molecular complexity index is 1150. The molecule has 0 bridgehead atoms. The Morgan fingerprint density at radius 1 is 0.972 bits per heavy atom. The Morgan fingerprint density at radius 2 is 1.72 bits per heavy atom. The summed E-state index contributed by atoms with van der Waals surface area (Å²) < 4.78 is 5.82. The van der Waals surface area contributed by atoms with Crippen molar-refractivity contribution in [2.24, 2.45) is 0 Å². The van der Waals surface area contributed by atoms with E-state index in [2.05, 4.69) is 12.2 Å². The Hall–Kier alpha value is -3.02. The van der Waals surface area contributed by atoms with Gasteiger partial charge in [-0.05, 0) is 60.4 Å². The molecule has 0 fully saturated rings. The molecule has 1 N–H and O–H groups in total. The van der Waals surface area contributed by atoms with Crippen molar-refractivity contribution in [1.82, 2.24) is 10.2 Å². The fourth-order valence-corrected chi connectivity index (χ4v) is 4.16. The van der Waals surface area contributed by atoms with Crippen LogP contribution in [0.15, 0.2) is 72.8 Å². The van der Waals surface area contributed by atoms with Gasteiger partial charge in [-0.3, -0.25) is 9.59 Å². The van der Waals surface area contributed by atoms with E-state index in [1.807, 2.05) is 49.4 Å². The van der Waals surface area contributed by atoms with Gasteiger partial charge < -0.3 is 15.0 Å². The Labute approximate surface area is 223 Å². The number of halogens is 2. The van der Waals surface area contributed by atoms with E-state index in [0.29, 0.717) is 28.8 Å². The van der Waals surface area contributed by atoms with Crippen molar-refractivity contribution in [3.05, 3.63) is 99.5 Å². The Kier molecular flexibility index (Phi) is 10.6. The van der Waals surface area contributed by atoms with E-state index in [1.165, 1.54) is 0 Å². The maximum Gasteiger partial charge on any atom is 0.261 e. The topological polar surface area (TPSA) is 58.6 Å². The number of carbonyl (C=O) groups is 2. The lowest BCUT2D eigenvalue weighted by Gasteiger charge is -2.31. The summed E-state index contributed by atoms with van der Waals surface area (Å²) in [6.45, 7) is 4.51. The maximum absolute atomic E-state index is 13.6.